The standard InChI is InChI=1S/C23H25F3N6O.C2HF3O2/c1-31-22(13-19(30-31)15-2-3-15)29-20-12-21(27-14-18(20)23(24,25)26)28-16-4-6-17(7-5-16)32-8-10-33-11-9-32;3-2(4,5)1(6)7/h4-7,12-15H,2-3,8-11H2,1H3,(H2,27,28,29);(H,6,7). The van der Waals surface area contributed by atoms with Crippen LogP contribution in [0.1, 0.15) is 30.0 Å². The van der Waals surface area contributed by atoms with Crippen LogP contribution >= 0.6 is 0 Å². The molecule has 0 amide bonds. The summed E-state index contributed by atoms with van der Waals surface area (Å²) in [5.74, 6) is -1.53. The number of nitrogens with zero attached hydrogens (tertiary/aromatic N) is 4. The number of carboxylic acid groups (broad SMARTS) is 1. The molecule has 216 valence electrons. The Balaban J connectivity index is 0.000000470. The van der Waals surface area contributed by atoms with Crippen molar-refractivity contribution in [3.63, 3.8) is 0 Å². The number of aryl methyl sites for hydroxylation is 1. The summed E-state index contributed by atoms with van der Waals surface area (Å²) in [4.78, 5) is 15.1. The average Bonchev–Trinajstić information content (AvgIpc) is 3.68. The fraction of sp³-hybridized carbons (Fsp3) is 0.400. The Morgan fingerprint density at radius 3 is 2.20 bits per heavy atom. The van der Waals surface area contributed by atoms with E-state index in [4.69, 9.17) is 14.6 Å². The summed E-state index contributed by atoms with van der Waals surface area (Å²) >= 11 is 0. The van der Waals surface area contributed by atoms with Crippen molar-refractivity contribution in [3.8, 4) is 0 Å². The smallest absolute Gasteiger partial charge is 0.475 e. The number of ether oxygens (including phenoxy) is 1. The van der Waals surface area contributed by atoms with Gasteiger partial charge in [0, 0.05) is 55.8 Å². The van der Waals surface area contributed by atoms with Gasteiger partial charge in [0.25, 0.3) is 0 Å². The number of pyridine rings is 1. The minimum atomic E-state index is -5.08. The summed E-state index contributed by atoms with van der Waals surface area (Å²) in [6.07, 6.45) is -6.63. The number of alkyl halides is 6. The SMILES string of the molecule is Cn1nc(C2CC2)cc1Nc1cc(Nc2ccc(N3CCOCC3)cc2)ncc1C(F)(F)F.O=C(O)C(F)(F)F. The average molecular weight is 573 g/mol. The molecule has 1 aliphatic carbocycles. The van der Waals surface area contributed by atoms with Crippen molar-refractivity contribution < 1.29 is 41.0 Å². The monoisotopic (exact) mass is 572 g/mol. The Morgan fingerprint density at radius 2 is 1.65 bits per heavy atom. The Kier molecular flexibility index (Phi) is 8.42. The second-order valence-corrected chi connectivity index (χ2v) is 9.16. The minimum Gasteiger partial charge on any atom is -0.475 e. The summed E-state index contributed by atoms with van der Waals surface area (Å²) in [6, 6.07) is 10.9. The second kappa shape index (κ2) is 11.6. The number of aromatic nitrogens is 3. The van der Waals surface area contributed by atoms with Gasteiger partial charge in [-0.1, -0.05) is 0 Å². The van der Waals surface area contributed by atoms with Gasteiger partial charge in [0.1, 0.15) is 11.6 Å². The number of carboxylic acids is 1. The first-order valence-electron chi connectivity index (χ1n) is 12.2. The first-order valence-corrected chi connectivity index (χ1v) is 12.2. The summed E-state index contributed by atoms with van der Waals surface area (Å²) in [5, 5.41) is 17.6. The van der Waals surface area contributed by atoms with E-state index in [9.17, 15) is 26.3 Å². The Labute approximate surface area is 224 Å². The minimum absolute atomic E-state index is 0.0738. The number of carbonyl (C=O) groups is 1. The molecule has 15 heteroatoms. The molecule has 0 unspecified atom stereocenters. The molecule has 2 aromatic heterocycles. The zero-order chi connectivity index (χ0) is 29.1. The van der Waals surface area contributed by atoms with Crippen LogP contribution in [0.25, 0.3) is 0 Å². The molecule has 3 heterocycles. The van der Waals surface area contributed by atoms with E-state index in [1.54, 1.807) is 11.7 Å². The molecule has 3 aromatic rings. The van der Waals surface area contributed by atoms with Crippen LogP contribution < -0.4 is 15.5 Å². The maximum atomic E-state index is 13.6. The number of aliphatic carboxylic acids is 1. The van der Waals surface area contributed by atoms with E-state index in [1.807, 2.05) is 30.3 Å². The van der Waals surface area contributed by atoms with Crippen LogP contribution in [0.4, 0.5) is 55.0 Å². The molecule has 1 saturated carbocycles. The van der Waals surface area contributed by atoms with Gasteiger partial charge in [0.05, 0.1) is 30.2 Å². The predicted octanol–water partition coefficient (Wildman–Crippen LogP) is 5.67. The van der Waals surface area contributed by atoms with Gasteiger partial charge in [-0.05, 0) is 37.1 Å². The number of rotatable bonds is 6. The molecule has 2 aliphatic rings. The third-order valence-corrected chi connectivity index (χ3v) is 6.12. The summed E-state index contributed by atoms with van der Waals surface area (Å²) in [5.41, 5.74) is 1.82. The molecule has 40 heavy (non-hydrogen) atoms. The number of nitrogens with one attached hydrogen (secondary N) is 2. The van der Waals surface area contributed by atoms with E-state index in [-0.39, 0.29) is 5.69 Å². The third kappa shape index (κ3) is 7.55. The van der Waals surface area contributed by atoms with Crippen molar-refractivity contribution in [1.29, 1.82) is 0 Å². The van der Waals surface area contributed by atoms with Gasteiger partial charge >= 0.3 is 18.3 Å². The molecule has 1 saturated heterocycles. The van der Waals surface area contributed by atoms with Crippen LogP contribution in [-0.4, -0.2) is 58.3 Å². The van der Waals surface area contributed by atoms with Crippen molar-refractivity contribution in [2.45, 2.75) is 31.1 Å². The molecular formula is C25H26F6N6O3. The van der Waals surface area contributed by atoms with E-state index in [0.717, 1.165) is 49.2 Å². The molecule has 0 spiro atoms. The summed E-state index contributed by atoms with van der Waals surface area (Å²) in [7, 11) is 1.72. The van der Waals surface area contributed by atoms with E-state index in [1.165, 1.54) is 6.07 Å². The van der Waals surface area contributed by atoms with Crippen molar-refractivity contribution in [3.05, 3.63) is 53.9 Å². The normalized spacial score (nSPS) is 15.7. The van der Waals surface area contributed by atoms with Crippen molar-refractivity contribution in [2.24, 2.45) is 7.05 Å². The van der Waals surface area contributed by atoms with Gasteiger partial charge in [-0.3, -0.25) is 4.68 Å². The Hall–Kier alpha value is -4.01. The van der Waals surface area contributed by atoms with Crippen LogP contribution in [0.2, 0.25) is 0 Å². The Morgan fingerprint density at radius 1 is 1.02 bits per heavy atom. The van der Waals surface area contributed by atoms with Gasteiger partial charge in [0.15, 0.2) is 0 Å². The lowest BCUT2D eigenvalue weighted by Crippen LogP contribution is -2.36. The number of hydrogen-bond donors (Lipinski definition) is 3. The number of benzene rings is 1. The van der Waals surface area contributed by atoms with Gasteiger partial charge < -0.3 is 25.4 Å². The van der Waals surface area contributed by atoms with Gasteiger partial charge in [-0.25, -0.2) is 9.78 Å². The fourth-order valence-corrected chi connectivity index (χ4v) is 3.90. The second-order valence-electron chi connectivity index (χ2n) is 9.16. The number of anilines is 5. The zero-order valence-electron chi connectivity index (χ0n) is 21.2. The molecule has 2 fully saturated rings. The van der Waals surface area contributed by atoms with Crippen LogP contribution in [0.15, 0.2) is 42.6 Å². The highest BCUT2D eigenvalue weighted by molar-refractivity contribution is 5.73. The molecule has 0 bridgehead atoms. The zero-order valence-corrected chi connectivity index (χ0v) is 21.2. The molecule has 5 rings (SSSR count). The van der Waals surface area contributed by atoms with Gasteiger partial charge in [-0.15, -0.1) is 0 Å². The van der Waals surface area contributed by atoms with Gasteiger partial charge in [-0.2, -0.15) is 31.4 Å². The molecule has 0 atom stereocenters. The van der Waals surface area contributed by atoms with E-state index in [2.05, 4.69) is 25.6 Å². The predicted molar refractivity (Wildman–Crippen MR) is 134 cm³/mol. The highest BCUT2D eigenvalue weighted by Gasteiger charge is 2.38. The van der Waals surface area contributed by atoms with E-state index in [0.29, 0.717) is 30.8 Å². The third-order valence-electron chi connectivity index (χ3n) is 6.12. The van der Waals surface area contributed by atoms with Crippen LogP contribution in [0, 0.1) is 0 Å². The lowest BCUT2D eigenvalue weighted by molar-refractivity contribution is -0.192. The molecule has 3 N–H and O–H groups in total. The van der Waals surface area contributed by atoms with Gasteiger partial charge in [0.2, 0.25) is 0 Å². The highest BCUT2D eigenvalue weighted by atomic mass is 19.4. The largest absolute Gasteiger partial charge is 0.490 e. The number of halogens is 6. The van der Waals surface area contributed by atoms with Crippen LogP contribution in [0.3, 0.4) is 0 Å². The number of morpholine rings is 1. The lowest BCUT2D eigenvalue weighted by atomic mass is 10.2. The molecule has 9 nitrogen and oxygen atoms in total. The molecule has 0 radical (unpaired) electrons. The van der Waals surface area contributed by atoms with Crippen molar-refractivity contribution >= 4 is 34.7 Å². The van der Waals surface area contributed by atoms with Crippen LogP contribution in [0.5, 0.6) is 0 Å². The summed E-state index contributed by atoms with van der Waals surface area (Å²) < 4.78 is 79.6. The maximum Gasteiger partial charge on any atom is 0.490 e. The molecule has 1 aliphatic heterocycles. The Bertz CT molecular complexity index is 1320. The fourth-order valence-electron chi connectivity index (χ4n) is 3.90. The maximum absolute atomic E-state index is 13.6. The lowest BCUT2D eigenvalue weighted by Gasteiger charge is -2.28. The van der Waals surface area contributed by atoms with Crippen LogP contribution in [-0.2, 0) is 22.8 Å². The van der Waals surface area contributed by atoms with Crippen molar-refractivity contribution in [1.82, 2.24) is 14.8 Å². The first-order chi connectivity index (χ1) is 18.8. The van der Waals surface area contributed by atoms with E-state index < -0.39 is 23.9 Å². The highest BCUT2D eigenvalue weighted by Crippen LogP contribution is 2.41. The molecule has 1 aromatic carbocycles. The summed E-state index contributed by atoms with van der Waals surface area (Å²) in [6.45, 7) is 3.06. The topological polar surface area (TPSA) is 105 Å². The number of hydrogen-bond acceptors (Lipinski definition) is 7. The molecular weight excluding hydrogens is 546 g/mol. The first kappa shape index (κ1) is 29.0. The van der Waals surface area contributed by atoms with E-state index >= 15 is 0 Å². The van der Waals surface area contributed by atoms with Crippen molar-refractivity contribution in [2.75, 3.05) is 41.8 Å². The quantitative estimate of drug-likeness (QED) is 0.325.